The molecule has 2 aliphatic rings. The van der Waals surface area contributed by atoms with Gasteiger partial charge in [-0.2, -0.15) is 0 Å². The Morgan fingerprint density at radius 2 is 1.97 bits per heavy atom. The van der Waals surface area contributed by atoms with E-state index in [1.165, 1.54) is 29.9 Å². The molecule has 10 heteroatoms. The average molecular weight is 497 g/mol. The summed E-state index contributed by atoms with van der Waals surface area (Å²) in [7, 11) is 1.42. The zero-order valence-corrected chi connectivity index (χ0v) is 19.4. The lowest BCUT2D eigenvalue weighted by molar-refractivity contribution is -0.116. The molecule has 34 heavy (non-hydrogen) atoms. The van der Waals surface area contributed by atoms with Crippen molar-refractivity contribution >= 4 is 40.1 Å². The van der Waals surface area contributed by atoms with Crippen LogP contribution in [0.2, 0.25) is 5.02 Å². The molecule has 1 atom stereocenters. The molecule has 0 bridgehead atoms. The first-order chi connectivity index (χ1) is 16.5. The number of ether oxygens (including phenoxy) is 1. The Bertz CT molecular complexity index is 1460. The van der Waals surface area contributed by atoms with Gasteiger partial charge in [0.2, 0.25) is 0 Å². The molecule has 0 aliphatic carbocycles. The van der Waals surface area contributed by atoms with Crippen molar-refractivity contribution in [1.29, 1.82) is 0 Å². The van der Waals surface area contributed by atoms with Crippen molar-refractivity contribution < 1.29 is 19.0 Å². The maximum absolute atomic E-state index is 14.1. The Morgan fingerprint density at radius 3 is 2.76 bits per heavy atom. The Morgan fingerprint density at radius 1 is 1.21 bits per heavy atom. The number of amidine groups is 1. The third-order valence-corrected chi connectivity index (χ3v) is 6.61. The number of rotatable bonds is 4. The van der Waals surface area contributed by atoms with Crippen molar-refractivity contribution in [1.82, 2.24) is 10.3 Å². The van der Waals surface area contributed by atoms with Gasteiger partial charge in [0.25, 0.3) is 5.91 Å². The third-order valence-electron chi connectivity index (χ3n) is 5.41. The highest BCUT2D eigenvalue weighted by Crippen LogP contribution is 2.40. The van der Waals surface area contributed by atoms with Crippen LogP contribution >= 0.6 is 23.4 Å². The molecule has 3 aromatic rings. The summed E-state index contributed by atoms with van der Waals surface area (Å²) in [6, 6.07) is 16.9. The van der Waals surface area contributed by atoms with Gasteiger partial charge in [-0.1, -0.05) is 59.8 Å². The number of aromatic hydroxyl groups is 1. The molecule has 2 N–H and O–H groups in total. The van der Waals surface area contributed by atoms with Gasteiger partial charge in [0.15, 0.2) is 22.8 Å². The maximum Gasteiger partial charge on any atom is 0.276 e. The van der Waals surface area contributed by atoms with E-state index in [9.17, 15) is 14.3 Å². The Hall–Kier alpha value is -3.56. The monoisotopic (exact) mass is 496 g/mol. The van der Waals surface area contributed by atoms with Crippen LogP contribution in [0.25, 0.3) is 5.70 Å². The first-order valence-electron chi connectivity index (χ1n) is 10.2. The molecule has 0 saturated heterocycles. The SMILES string of the molecule is COc1cc(C2N=c3ccccc3=C3C(=O)NC(SCc4ccccc4F)=NN32)cc(Cl)c1O. The molecule has 2 aliphatic heterocycles. The number of benzene rings is 3. The minimum Gasteiger partial charge on any atom is -0.503 e. The molecule has 0 saturated carbocycles. The van der Waals surface area contributed by atoms with Gasteiger partial charge in [-0.3, -0.25) is 15.1 Å². The highest BCUT2D eigenvalue weighted by molar-refractivity contribution is 8.13. The molecular formula is C24H18ClFN4O3S. The summed E-state index contributed by atoms with van der Waals surface area (Å²) >= 11 is 7.44. The highest BCUT2D eigenvalue weighted by atomic mass is 35.5. The van der Waals surface area contributed by atoms with E-state index in [0.717, 1.165) is 0 Å². The second-order valence-corrected chi connectivity index (χ2v) is 8.88. The molecule has 1 unspecified atom stereocenters. The van der Waals surface area contributed by atoms with E-state index in [0.29, 0.717) is 32.6 Å². The van der Waals surface area contributed by atoms with Gasteiger partial charge < -0.3 is 9.84 Å². The van der Waals surface area contributed by atoms with Crippen LogP contribution in [0.1, 0.15) is 17.3 Å². The topological polar surface area (TPSA) is 86.5 Å². The smallest absolute Gasteiger partial charge is 0.276 e. The first-order valence-corrected chi connectivity index (χ1v) is 11.6. The van der Waals surface area contributed by atoms with Gasteiger partial charge in [0.1, 0.15) is 11.5 Å². The van der Waals surface area contributed by atoms with Crippen LogP contribution in [-0.4, -0.2) is 28.3 Å². The number of nitrogens with zero attached hydrogens (tertiary/aromatic N) is 3. The van der Waals surface area contributed by atoms with Gasteiger partial charge in [0.05, 0.1) is 17.5 Å². The van der Waals surface area contributed by atoms with Crippen LogP contribution in [0.5, 0.6) is 11.5 Å². The molecule has 0 fully saturated rings. The standard InChI is InChI=1S/C24H18ClFN4O3S/c1-33-19-11-14(10-16(25)21(19)31)22-27-18-9-5-3-7-15(18)20-23(32)28-24(29-30(20)22)34-12-13-6-2-4-8-17(13)26/h2-11,22,31H,12H2,1H3,(H,28,29,32). The highest BCUT2D eigenvalue weighted by Gasteiger charge is 2.35. The van der Waals surface area contributed by atoms with Gasteiger partial charge in [-0.15, -0.1) is 5.10 Å². The fourth-order valence-corrected chi connectivity index (χ4v) is 4.83. The number of phenolic OH excluding ortho intramolecular Hbond substituents is 1. The number of carbonyl (C=O) groups is 1. The number of thioether (sulfide) groups is 1. The second-order valence-electron chi connectivity index (χ2n) is 7.51. The van der Waals surface area contributed by atoms with Crippen LogP contribution in [0.3, 0.4) is 0 Å². The number of phenols is 1. The maximum atomic E-state index is 14.1. The van der Waals surface area contributed by atoms with Gasteiger partial charge in [-0.05, 0) is 29.8 Å². The van der Waals surface area contributed by atoms with Crippen LogP contribution in [0, 0.1) is 5.82 Å². The number of nitrogens with one attached hydrogen (secondary N) is 1. The van der Waals surface area contributed by atoms with Crippen molar-refractivity contribution in [3.05, 3.63) is 93.2 Å². The Balaban J connectivity index is 1.60. The van der Waals surface area contributed by atoms with E-state index < -0.39 is 6.17 Å². The Labute approximate surface area is 203 Å². The molecule has 172 valence electrons. The van der Waals surface area contributed by atoms with Crippen molar-refractivity contribution in [2.75, 3.05) is 7.11 Å². The molecule has 7 nitrogen and oxygen atoms in total. The summed E-state index contributed by atoms with van der Waals surface area (Å²) in [5, 5.41) is 20.8. The zero-order chi connectivity index (χ0) is 23.8. The summed E-state index contributed by atoms with van der Waals surface area (Å²) in [6.45, 7) is 0. The molecule has 5 rings (SSSR count). The lowest BCUT2D eigenvalue weighted by atomic mass is 10.1. The van der Waals surface area contributed by atoms with Crippen LogP contribution in [0.4, 0.5) is 4.39 Å². The first kappa shape index (κ1) is 22.2. The third kappa shape index (κ3) is 3.97. The summed E-state index contributed by atoms with van der Waals surface area (Å²) in [6.07, 6.45) is -0.744. The van der Waals surface area contributed by atoms with Gasteiger partial charge >= 0.3 is 0 Å². The van der Waals surface area contributed by atoms with Crippen molar-refractivity contribution in [2.45, 2.75) is 11.9 Å². The van der Waals surface area contributed by atoms with Crippen LogP contribution in [0.15, 0.2) is 70.8 Å². The second kappa shape index (κ2) is 9.00. The van der Waals surface area contributed by atoms with E-state index in [4.69, 9.17) is 21.3 Å². The molecule has 2 heterocycles. The van der Waals surface area contributed by atoms with Crippen molar-refractivity contribution in [2.24, 2.45) is 10.1 Å². The van der Waals surface area contributed by atoms with Gasteiger partial charge in [0, 0.05) is 16.5 Å². The van der Waals surface area contributed by atoms with Gasteiger partial charge in [-0.25, -0.2) is 9.40 Å². The molecule has 0 radical (unpaired) electrons. The molecule has 0 aromatic heterocycles. The molecular weight excluding hydrogens is 479 g/mol. The molecule has 1 amide bonds. The fraction of sp³-hybridized carbons (Fsp3) is 0.125. The largest absolute Gasteiger partial charge is 0.503 e. The van der Waals surface area contributed by atoms with Crippen molar-refractivity contribution in [3.63, 3.8) is 0 Å². The lowest BCUT2D eigenvalue weighted by Crippen LogP contribution is -2.50. The fourth-order valence-electron chi connectivity index (χ4n) is 3.77. The summed E-state index contributed by atoms with van der Waals surface area (Å²) < 4.78 is 19.3. The van der Waals surface area contributed by atoms with Crippen LogP contribution in [-0.2, 0) is 10.5 Å². The summed E-state index contributed by atoms with van der Waals surface area (Å²) in [4.78, 5) is 18.0. The quantitative estimate of drug-likeness (QED) is 0.579. The van der Waals surface area contributed by atoms with E-state index in [1.807, 2.05) is 18.2 Å². The summed E-state index contributed by atoms with van der Waals surface area (Å²) in [5.41, 5.74) is 1.40. The predicted octanol–water partition coefficient (Wildman–Crippen LogP) is 3.27. The molecule has 3 aromatic carbocycles. The number of hydrogen-bond acceptors (Lipinski definition) is 7. The number of para-hydroxylation sites is 1. The zero-order valence-electron chi connectivity index (χ0n) is 17.8. The number of halogens is 2. The Kier molecular flexibility index (Phi) is 5.89. The number of hydrogen-bond donors (Lipinski definition) is 2. The lowest BCUT2D eigenvalue weighted by Gasteiger charge is -2.34. The predicted molar refractivity (Wildman–Crippen MR) is 128 cm³/mol. The molecule has 0 spiro atoms. The number of methoxy groups -OCH3 is 1. The van der Waals surface area contributed by atoms with E-state index in [1.54, 1.807) is 36.4 Å². The van der Waals surface area contributed by atoms with E-state index in [-0.39, 0.29) is 34.0 Å². The number of amides is 1. The van der Waals surface area contributed by atoms with Crippen molar-refractivity contribution in [3.8, 4) is 11.5 Å². The summed E-state index contributed by atoms with van der Waals surface area (Å²) in [5.74, 6) is -0.399. The number of fused-ring (bicyclic) bond motifs is 2. The minimum absolute atomic E-state index is 0.0875. The van der Waals surface area contributed by atoms with E-state index in [2.05, 4.69) is 10.4 Å². The van der Waals surface area contributed by atoms with Crippen LogP contribution < -0.4 is 20.6 Å². The number of carbonyl (C=O) groups excluding carboxylic acids is 1. The normalized spacial score (nSPS) is 16.7. The minimum atomic E-state index is -0.744. The average Bonchev–Trinajstić information content (AvgIpc) is 2.84. The number of hydrazone groups is 1. The van der Waals surface area contributed by atoms with E-state index >= 15 is 0 Å².